The van der Waals surface area contributed by atoms with Crippen LogP contribution in [0.15, 0.2) is 36.4 Å². The third-order valence-corrected chi connectivity index (χ3v) is 5.44. The fourth-order valence-electron chi connectivity index (χ4n) is 3.39. The molecule has 1 aromatic rings. The molecule has 6 heteroatoms. The number of Topliss-reactive ketones (excluding diaryl/α,β-unsaturated/α-hetero) is 1. The van der Waals surface area contributed by atoms with Crippen molar-refractivity contribution in [1.29, 1.82) is 0 Å². The van der Waals surface area contributed by atoms with Crippen molar-refractivity contribution in [2.45, 2.75) is 29.5 Å². The van der Waals surface area contributed by atoms with Crippen molar-refractivity contribution in [3.05, 3.63) is 47.5 Å². The van der Waals surface area contributed by atoms with Crippen molar-refractivity contribution in [2.24, 2.45) is 0 Å². The van der Waals surface area contributed by atoms with Crippen LogP contribution in [0, 0.1) is 0 Å². The average Bonchev–Trinajstić information content (AvgIpc) is 2.99. The normalized spacial score (nSPS) is 36.2. The van der Waals surface area contributed by atoms with E-state index in [4.69, 9.17) is 4.74 Å². The second-order valence-corrected chi connectivity index (χ2v) is 6.84. The van der Waals surface area contributed by atoms with Crippen LogP contribution >= 0.6 is 15.9 Å². The van der Waals surface area contributed by atoms with Crippen molar-refractivity contribution in [3.63, 3.8) is 0 Å². The summed E-state index contributed by atoms with van der Waals surface area (Å²) in [5.41, 5.74) is -0.308. The zero-order valence-corrected chi connectivity index (χ0v) is 13.2. The van der Waals surface area contributed by atoms with Gasteiger partial charge in [-0.05, 0) is 19.1 Å². The fourth-order valence-corrected chi connectivity index (χ4v) is 3.93. The highest BCUT2D eigenvalue weighted by atomic mass is 79.9. The Balaban J connectivity index is 1.82. The molecule has 1 fully saturated rings. The van der Waals surface area contributed by atoms with E-state index in [-0.39, 0.29) is 11.9 Å². The van der Waals surface area contributed by atoms with Gasteiger partial charge in [0, 0.05) is 0 Å². The van der Waals surface area contributed by atoms with Crippen LogP contribution in [0.3, 0.4) is 0 Å². The van der Waals surface area contributed by atoms with Crippen molar-refractivity contribution >= 4 is 33.5 Å². The molecule has 2 amide bonds. The summed E-state index contributed by atoms with van der Waals surface area (Å²) in [6.45, 7) is 1.73. The molecule has 0 radical (unpaired) electrons. The van der Waals surface area contributed by atoms with E-state index in [0.717, 1.165) is 4.90 Å². The van der Waals surface area contributed by atoms with Crippen LogP contribution in [0.5, 0.6) is 0 Å². The molecule has 0 aromatic heterocycles. The van der Waals surface area contributed by atoms with Gasteiger partial charge in [-0.1, -0.05) is 40.2 Å². The first kappa shape index (κ1) is 13.8. The van der Waals surface area contributed by atoms with Crippen LogP contribution in [0.25, 0.3) is 0 Å². The number of carbonyl (C=O) groups is 3. The lowest BCUT2D eigenvalue weighted by Gasteiger charge is -2.42. The summed E-state index contributed by atoms with van der Waals surface area (Å²) < 4.78 is 5.86. The molecule has 3 heterocycles. The van der Waals surface area contributed by atoms with Gasteiger partial charge in [0.25, 0.3) is 11.8 Å². The fraction of sp³-hybridized carbons (Fsp3) is 0.312. The monoisotopic (exact) mass is 361 g/mol. The topological polar surface area (TPSA) is 63.7 Å². The molecular formula is C16H12BrNO4. The van der Waals surface area contributed by atoms with E-state index in [1.807, 2.05) is 0 Å². The number of ether oxygens (including phenoxy) is 1. The molecular weight excluding hydrogens is 350 g/mol. The van der Waals surface area contributed by atoms with E-state index < -0.39 is 28.3 Å². The number of rotatable bonds is 1. The first-order valence-electron chi connectivity index (χ1n) is 6.96. The van der Waals surface area contributed by atoms with Gasteiger partial charge >= 0.3 is 0 Å². The first-order valence-corrected chi connectivity index (χ1v) is 7.87. The smallest absolute Gasteiger partial charge is 0.262 e. The molecule has 112 valence electrons. The third-order valence-electron chi connectivity index (χ3n) is 4.46. The van der Waals surface area contributed by atoms with Crippen molar-refractivity contribution in [1.82, 2.24) is 4.90 Å². The number of ketones is 1. The lowest BCUT2D eigenvalue weighted by atomic mass is 9.89. The number of hydrogen-bond acceptors (Lipinski definition) is 4. The minimum absolute atomic E-state index is 0.210. The third kappa shape index (κ3) is 1.59. The quantitative estimate of drug-likeness (QED) is 0.434. The van der Waals surface area contributed by atoms with Crippen molar-refractivity contribution < 1.29 is 19.1 Å². The number of alkyl halides is 1. The summed E-state index contributed by atoms with van der Waals surface area (Å²) in [7, 11) is 0. The summed E-state index contributed by atoms with van der Waals surface area (Å²) in [4.78, 5) is 38.5. The van der Waals surface area contributed by atoms with Gasteiger partial charge in [-0.15, -0.1) is 0 Å². The minimum Gasteiger partial charge on any atom is -0.360 e. The van der Waals surface area contributed by atoms with Gasteiger partial charge < -0.3 is 4.74 Å². The number of imide groups is 1. The second-order valence-electron chi connectivity index (χ2n) is 5.86. The van der Waals surface area contributed by atoms with Crippen LogP contribution in [-0.2, 0) is 9.53 Å². The van der Waals surface area contributed by atoms with Crippen LogP contribution in [0.4, 0.5) is 0 Å². The van der Waals surface area contributed by atoms with Gasteiger partial charge in [-0.25, -0.2) is 0 Å². The summed E-state index contributed by atoms with van der Waals surface area (Å²) in [6, 6.07) is 5.65. The summed E-state index contributed by atoms with van der Waals surface area (Å²) >= 11 is 3.32. The SMILES string of the molecule is C[C@@]12C=C[C@@H](O1)[C@H](Br)C(=O)[C@@H]2N1C(=O)c2ccccc2C1=O. The zero-order valence-electron chi connectivity index (χ0n) is 11.7. The van der Waals surface area contributed by atoms with E-state index in [1.165, 1.54) is 0 Å². The minimum atomic E-state index is -0.973. The largest absolute Gasteiger partial charge is 0.360 e. The molecule has 22 heavy (non-hydrogen) atoms. The number of hydrogen-bond donors (Lipinski definition) is 0. The number of fused-ring (bicyclic) bond motifs is 3. The Labute approximate surface area is 135 Å². The van der Waals surface area contributed by atoms with Gasteiger partial charge in [0.15, 0.2) is 5.78 Å². The number of amides is 2. The molecule has 0 saturated carbocycles. The molecule has 4 atom stereocenters. The first-order chi connectivity index (χ1) is 10.4. The van der Waals surface area contributed by atoms with Gasteiger partial charge in [0.05, 0.1) is 17.2 Å². The number of halogens is 1. The van der Waals surface area contributed by atoms with E-state index in [9.17, 15) is 14.4 Å². The molecule has 0 N–H and O–H groups in total. The summed E-state index contributed by atoms with van der Waals surface area (Å²) in [5, 5.41) is 0. The lowest BCUT2D eigenvalue weighted by Crippen LogP contribution is -2.63. The maximum absolute atomic E-state index is 12.7. The molecule has 0 spiro atoms. The standard InChI is InChI=1S/C16H12BrNO4/c1-16-7-6-10(22-16)11(17)12(19)13(16)18-14(20)8-4-2-3-5-9(8)15(18)21/h2-7,10-11,13H,1H3/t10-,11+,13+,16+/m1/s1. The predicted molar refractivity (Wildman–Crippen MR) is 80.9 cm³/mol. The Hall–Kier alpha value is -1.79. The molecule has 2 bridgehead atoms. The van der Waals surface area contributed by atoms with Crippen LogP contribution in [0.1, 0.15) is 27.6 Å². The van der Waals surface area contributed by atoms with Gasteiger partial charge in [-0.2, -0.15) is 0 Å². The summed E-state index contributed by atoms with van der Waals surface area (Å²) in [5.74, 6) is -1.09. The summed E-state index contributed by atoms with van der Waals surface area (Å²) in [6.07, 6.45) is 3.21. The highest BCUT2D eigenvalue weighted by Gasteiger charge is 2.58. The van der Waals surface area contributed by atoms with Crippen LogP contribution < -0.4 is 0 Å². The van der Waals surface area contributed by atoms with E-state index >= 15 is 0 Å². The highest BCUT2D eigenvalue weighted by Crippen LogP contribution is 2.41. The zero-order chi connectivity index (χ0) is 15.6. The molecule has 3 aliphatic heterocycles. The lowest BCUT2D eigenvalue weighted by molar-refractivity contribution is -0.145. The highest BCUT2D eigenvalue weighted by molar-refractivity contribution is 9.10. The second kappa shape index (κ2) is 4.36. The number of benzene rings is 1. The van der Waals surface area contributed by atoms with Crippen molar-refractivity contribution in [3.8, 4) is 0 Å². The Morgan fingerprint density at radius 3 is 2.32 bits per heavy atom. The maximum Gasteiger partial charge on any atom is 0.262 e. The van der Waals surface area contributed by atoms with E-state index in [0.29, 0.717) is 11.1 Å². The molecule has 0 aliphatic carbocycles. The predicted octanol–water partition coefficient (Wildman–Crippen LogP) is 1.71. The van der Waals surface area contributed by atoms with Gasteiger partial charge in [0.2, 0.25) is 0 Å². The molecule has 1 saturated heterocycles. The molecule has 0 unspecified atom stereocenters. The Morgan fingerprint density at radius 2 is 1.73 bits per heavy atom. The van der Waals surface area contributed by atoms with Gasteiger partial charge in [0.1, 0.15) is 16.5 Å². The molecule has 3 aliphatic rings. The Kier molecular flexibility index (Phi) is 2.75. The van der Waals surface area contributed by atoms with E-state index in [2.05, 4.69) is 15.9 Å². The van der Waals surface area contributed by atoms with E-state index in [1.54, 1.807) is 43.3 Å². The number of nitrogens with zero attached hydrogens (tertiary/aromatic N) is 1. The Bertz CT molecular complexity index is 723. The molecule has 5 nitrogen and oxygen atoms in total. The van der Waals surface area contributed by atoms with Gasteiger partial charge in [-0.3, -0.25) is 19.3 Å². The molecule has 1 aromatic carbocycles. The Morgan fingerprint density at radius 1 is 1.14 bits per heavy atom. The average molecular weight is 362 g/mol. The molecule has 4 rings (SSSR count). The number of carbonyl (C=O) groups excluding carboxylic acids is 3. The van der Waals surface area contributed by atoms with Crippen molar-refractivity contribution in [2.75, 3.05) is 0 Å². The maximum atomic E-state index is 12.7. The van der Waals surface area contributed by atoms with Crippen LogP contribution in [0.2, 0.25) is 0 Å². The van der Waals surface area contributed by atoms with Crippen LogP contribution in [-0.4, -0.2) is 45.1 Å².